The van der Waals surface area contributed by atoms with Gasteiger partial charge in [0.25, 0.3) is 0 Å². The standard InChI is InChI=1S/C13H22N4O/c1-2-8-18-11-4-3-7-17(10-11)13-12(9-14)15-5-6-16-13/h5-6,11H,2-4,7-10,14H2,1H3. The monoisotopic (exact) mass is 250 g/mol. The van der Waals surface area contributed by atoms with Gasteiger partial charge in [0.05, 0.1) is 11.8 Å². The highest BCUT2D eigenvalue weighted by molar-refractivity contribution is 5.43. The number of hydrogen-bond acceptors (Lipinski definition) is 5. The quantitative estimate of drug-likeness (QED) is 0.854. The van der Waals surface area contributed by atoms with Crippen molar-refractivity contribution < 1.29 is 4.74 Å². The van der Waals surface area contributed by atoms with Crippen LogP contribution in [0.3, 0.4) is 0 Å². The van der Waals surface area contributed by atoms with Gasteiger partial charge in [0.15, 0.2) is 5.82 Å². The summed E-state index contributed by atoms with van der Waals surface area (Å²) < 4.78 is 5.84. The molecule has 100 valence electrons. The summed E-state index contributed by atoms with van der Waals surface area (Å²) in [6.45, 7) is 5.31. The van der Waals surface area contributed by atoms with Gasteiger partial charge < -0.3 is 15.4 Å². The maximum atomic E-state index is 5.84. The van der Waals surface area contributed by atoms with Crippen molar-refractivity contribution in [3.05, 3.63) is 18.1 Å². The fourth-order valence-electron chi connectivity index (χ4n) is 2.32. The molecule has 5 heteroatoms. The number of nitrogens with two attached hydrogens (primary N) is 1. The molecule has 5 nitrogen and oxygen atoms in total. The van der Waals surface area contributed by atoms with Gasteiger partial charge in [0, 0.05) is 38.6 Å². The third-order valence-electron chi connectivity index (χ3n) is 3.18. The van der Waals surface area contributed by atoms with Gasteiger partial charge in [-0.1, -0.05) is 6.92 Å². The molecule has 18 heavy (non-hydrogen) atoms. The molecule has 2 rings (SSSR count). The van der Waals surface area contributed by atoms with Crippen molar-refractivity contribution in [1.29, 1.82) is 0 Å². The maximum absolute atomic E-state index is 5.84. The lowest BCUT2D eigenvalue weighted by Gasteiger charge is -2.34. The van der Waals surface area contributed by atoms with Crippen LogP contribution in [0.4, 0.5) is 5.82 Å². The van der Waals surface area contributed by atoms with E-state index in [1.807, 2.05) is 0 Å². The fourth-order valence-corrected chi connectivity index (χ4v) is 2.32. The largest absolute Gasteiger partial charge is 0.376 e. The van der Waals surface area contributed by atoms with Crippen molar-refractivity contribution in [1.82, 2.24) is 9.97 Å². The SMILES string of the molecule is CCCOC1CCCN(c2nccnc2CN)C1. The molecule has 1 unspecified atom stereocenters. The molecule has 0 aromatic carbocycles. The molecule has 0 saturated carbocycles. The smallest absolute Gasteiger partial charge is 0.151 e. The van der Waals surface area contributed by atoms with Gasteiger partial charge >= 0.3 is 0 Å². The van der Waals surface area contributed by atoms with E-state index in [2.05, 4.69) is 21.8 Å². The molecule has 2 heterocycles. The van der Waals surface area contributed by atoms with E-state index in [0.29, 0.717) is 12.6 Å². The third kappa shape index (κ3) is 3.17. The van der Waals surface area contributed by atoms with E-state index in [4.69, 9.17) is 10.5 Å². The summed E-state index contributed by atoms with van der Waals surface area (Å²) >= 11 is 0. The predicted octanol–water partition coefficient (Wildman–Crippen LogP) is 1.33. The first-order valence-corrected chi connectivity index (χ1v) is 6.71. The van der Waals surface area contributed by atoms with E-state index in [-0.39, 0.29) is 0 Å². The highest BCUT2D eigenvalue weighted by Gasteiger charge is 2.22. The number of nitrogens with zero attached hydrogens (tertiary/aromatic N) is 3. The van der Waals surface area contributed by atoms with Gasteiger partial charge in [0.1, 0.15) is 0 Å². The van der Waals surface area contributed by atoms with Gasteiger partial charge in [0.2, 0.25) is 0 Å². The number of piperidine rings is 1. The van der Waals surface area contributed by atoms with E-state index < -0.39 is 0 Å². The average molecular weight is 250 g/mol. The zero-order chi connectivity index (χ0) is 12.8. The molecule has 1 aromatic heterocycles. The van der Waals surface area contributed by atoms with Crippen LogP contribution in [0.5, 0.6) is 0 Å². The summed E-state index contributed by atoms with van der Waals surface area (Å²) in [7, 11) is 0. The molecule has 1 aliphatic heterocycles. The van der Waals surface area contributed by atoms with Gasteiger partial charge in [-0.25, -0.2) is 4.98 Å². The summed E-state index contributed by atoms with van der Waals surface area (Å²) in [5.41, 5.74) is 6.58. The summed E-state index contributed by atoms with van der Waals surface area (Å²) in [4.78, 5) is 11.0. The number of ether oxygens (including phenoxy) is 1. The van der Waals surface area contributed by atoms with Gasteiger partial charge in [-0.2, -0.15) is 0 Å². The van der Waals surface area contributed by atoms with Crippen molar-refractivity contribution in [3.8, 4) is 0 Å². The van der Waals surface area contributed by atoms with Crippen LogP contribution in [0.1, 0.15) is 31.9 Å². The van der Waals surface area contributed by atoms with Crippen LogP contribution >= 0.6 is 0 Å². The molecular formula is C13H22N4O. The van der Waals surface area contributed by atoms with Crippen molar-refractivity contribution in [3.63, 3.8) is 0 Å². The Bertz CT molecular complexity index is 372. The second kappa shape index (κ2) is 6.66. The molecule has 2 N–H and O–H groups in total. The molecular weight excluding hydrogens is 228 g/mol. The van der Waals surface area contributed by atoms with E-state index in [1.54, 1.807) is 12.4 Å². The Morgan fingerprint density at radius 3 is 3.06 bits per heavy atom. The fraction of sp³-hybridized carbons (Fsp3) is 0.692. The van der Waals surface area contributed by atoms with Crippen molar-refractivity contribution >= 4 is 5.82 Å². The van der Waals surface area contributed by atoms with E-state index >= 15 is 0 Å². The van der Waals surface area contributed by atoms with E-state index in [0.717, 1.165) is 50.5 Å². The summed E-state index contributed by atoms with van der Waals surface area (Å²) in [5.74, 6) is 0.921. The van der Waals surface area contributed by atoms with Crippen molar-refractivity contribution in [2.24, 2.45) is 5.73 Å². The number of hydrogen-bond donors (Lipinski definition) is 1. The molecule has 1 saturated heterocycles. The summed E-state index contributed by atoms with van der Waals surface area (Å²) in [5, 5.41) is 0. The van der Waals surface area contributed by atoms with Crippen LogP contribution in [-0.2, 0) is 11.3 Å². The lowest BCUT2D eigenvalue weighted by Crippen LogP contribution is -2.41. The predicted molar refractivity (Wildman–Crippen MR) is 71.4 cm³/mol. The van der Waals surface area contributed by atoms with Crippen LogP contribution in [0.25, 0.3) is 0 Å². The zero-order valence-corrected chi connectivity index (χ0v) is 11.0. The van der Waals surface area contributed by atoms with Crippen molar-refractivity contribution in [2.75, 3.05) is 24.6 Å². The first kappa shape index (κ1) is 13.2. The lowest BCUT2D eigenvalue weighted by molar-refractivity contribution is 0.0438. The first-order chi connectivity index (χ1) is 8.85. The second-order valence-electron chi connectivity index (χ2n) is 4.61. The molecule has 0 spiro atoms. The van der Waals surface area contributed by atoms with Crippen LogP contribution < -0.4 is 10.6 Å². The van der Waals surface area contributed by atoms with E-state index in [9.17, 15) is 0 Å². The normalized spacial score (nSPS) is 20.1. The lowest BCUT2D eigenvalue weighted by atomic mass is 10.1. The Hall–Kier alpha value is -1.20. The van der Waals surface area contributed by atoms with Gasteiger partial charge in [-0.3, -0.25) is 4.98 Å². The Morgan fingerprint density at radius 1 is 1.44 bits per heavy atom. The third-order valence-corrected chi connectivity index (χ3v) is 3.18. The molecule has 1 aromatic rings. The van der Waals surface area contributed by atoms with Crippen LogP contribution in [0, 0.1) is 0 Å². The van der Waals surface area contributed by atoms with Crippen LogP contribution in [0.2, 0.25) is 0 Å². The van der Waals surface area contributed by atoms with Gasteiger partial charge in [-0.05, 0) is 19.3 Å². The minimum absolute atomic E-state index is 0.311. The number of rotatable bonds is 5. The van der Waals surface area contributed by atoms with Crippen LogP contribution in [0.15, 0.2) is 12.4 Å². The molecule has 0 aliphatic carbocycles. The highest BCUT2D eigenvalue weighted by atomic mass is 16.5. The Balaban J connectivity index is 2.03. The highest BCUT2D eigenvalue weighted by Crippen LogP contribution is 2.21. The average Bonchev–Trinajstić information content (AvgIpc) is 2.45. The number of aromatic nitrogens is 2. The minimum Gasteiger partial charge on any atom is -0.376 e. The van der Waals surface area contributed by atoms with Crippen LogP contribution in [-0.4, -0.2) is 35.8 Å². The van der Waals surface area contributed by atoms with Gasteiger partial charge in [-0.15, -0.1) is 0 Å². The molecule has 1 aliphatic rings. The maximum Gasteiger partial charge on any atom is 0.151 e. The Kier molecular flexibility index (Phi) is 4.90. The molecule has 0 amide bonds. The summed E-state index contributed by atoms with van der Waals surface area (Å²) in [6, 6.07) is 0. The second-order valence-corrected chi connectivity index (χ2v) is 4.61. The molecule has 0 bridgehead atoms. The minimum atomic E-state index is 0.311. The molecule has 1 fully saturated rings. The van der Waals surface area contributed by atoms with Crippen molar-refractivity contribution in [2.45, 2.75) is 38.8 Å². The number of anilines is 1. The Labute approximate surface area is 108 Å². The topological polar surface area (TPSA) is 64.3 Å². The summed E-state index contributed by atoms with van der Waals surface area (Å²) in [6.07, 6.45) is 7.07. The Morgan fingerprint density at radius 2 is 2.28 bits per heavy atom. The van der Waals surface area contributed by atoms with E-state index in [1.165, 1.54) is 0 Å². The first-order valence-electron chi connectivity index (χ1n) is 6.71. The molecule has 0 radical (unpaired) electrons. The zero-order valence-electron chi connectivity index (χ0n) is 11.0. The molecule has 1 atom stereocenters.